The van der Waals surface area contributed by atoms with Crippen LogP contribution in [0.15, 0.2) is 48.5 Å². The molecule has 0 spiro atoms. The lowest BCUT2D eigenvalue weighted by Crippen LogP contribution is -2.49. The summed E-state index contributed by atoms with van der Waals surface area (Å²) in [5.74, 6) is -0.592. The van der Waals surface area contributed by atoms with Crippen LogP contribution in [-0.2, 0) is 16.1 Å². The summed E-state index contributed by atoms with van der Waals surface area (Å²) in [6, 6.07) is 14.4. The first kappa shape index (κ1) is 19.4. The summed E-state index contributed by atoms with van der Waals surface area (Å²) in [5, 5.41) is 2.97. The van der Waals surface area contributed by atoms with Crippen LogP contribution in [0.5, 0.6) is 0 Å². The van der Waals surface area contributed by atoms with Crippen LogP contribution >= 0.6 is 0 Å². The molecule has 1 heterocycles. The van der Waals surface area contributed by atoms with Crippen molar-refractivity contribution in [2.45, 2.75) is 19.9 Å². The van der Waals surface area contributed by atoms with Crippen LogP contribution in [0.3, 0.4) is 0 Å². The van der Waals surface area contributed by atoms with Gasteiger partial charge < -0.3 is 15.1 Å². The summed E-state index contributed by atoms with van der Waals surface area (Å²) in [7, 11) is 0. The molecule has 1 N–H and O–H groups in total. The first-order valence-electron chi connectivity index (χ1n) is 10.1. The topological polar surface area (TPSA) is 52.7 Å². The monoisotopic (exact) mass is 395 g/mol. The van der Waals surface area contributed by atoms with Crippen molar-refractivity contribution in [2.24, 2.45) is 11.8 Å². The molecule has 0 aromatic heterocycles. The van der Waals surface area contributed by atoms with Gasteiger partial charge in [0, 0.05) is 38.4 Å². The Morgan fingerprint density at radius 3 is 2.38 bits per heavy atom. The van der Waals surface area contributed by atoms with Crippen molar-refractivity contribution < 1.29 is 14.0 Å². The number of amides is 2. The zero-order valence-electron chi connectivity index (χ0n) is 16.6. The number of rotatable bonds is 5. The predicted octanol–water partition coefficient (Wildman–Crippen LogP) is 2.74. The lowest BCUT2D eigenvalue weighted by Gasteiger charge is -2.36. The predicted molar refractivity (Wildman–Crippen MR) is 110 cm³/mol. The number of nitrogens with zero attached hydrogens (tertiary/aromatic N) is 2. The van der Waals surface area contributed by atoms with Gasteiger partial charge in [-0.05, 0) is 48.7 Å². The largest absolute Gasteiger partial charge is 0.368 e. The van der Waals surface area contributed by atoms with Crippen LogP contribution in [0.4, 0.5) is 10.1 Å². The first-order chi connectivity index (χ1) is 14.0. The van der Waals surface area contributed by atoms with Crippen LogP contribution in [0.2, 0.25) is 0 Å². The number of halogens is 1. The number of aryl methyl sites for hydroxylation is 1. The average Bonchev–Trinajstić information content (AvgIpc) is 3.54. The van der Waals surface area contributed by atoms with Gasteiger partial charge in [0.1, 0.15) is 5.82 Å². The molecule has 0 radical (unpaired) electrons. The summed E-state index contributed by atoms with van der Waals surface area (Å²) < 4.78 is 13.1. The van der Waals surface area contributed by atoms with Crippen LogP contribution in [0, 0.1) is 24.6 Å². The fraction of sp³-hybridized carbons (Fsp3) is 0.391. The number of hydrogen-bond donors (Lipinski definition) is 1. The SMILES string of the molecule is Cc1ccccc1CNC(=O)C1CC1C(=O)N1CCN(c2ccc(F)cc2)CC1. The Morgan fingerprint density at radius 1 is 1.00 bits per heavy atom. The minimum atomic E-state index is -0.247. The number of anilines is 1. The van der Waals surface area contributed by atoms with E-state index in [-0.39, 0.29) is 29.5 Å². The van der Waals surface area contributed by atoms with Crippen molar-refractivity contribution in [1.82, 2.24) is 10.2 Å². The standard InChI is InChI=1S/C23H26FN3O2/c1-16-4-2-3-5-17(16)15-25-22(28)20-14-21(20)23(29)27-12-10-26(11-13-27)19-8-6-18(24)7-9-19/h2-9,20-21H,10-15H2,1H3,(H,25,28). The second-order valence-corrected chi connectivity index (χ2v) is 7.88. The lowest BCUT2D eigenvalue weighted by atomic mass is 10.1. The van der Waals surface area contributed by atoms with E-state index in [1.54, 1.807) is 12.1 Å². The Hall–Kier alpha value is -2.89. The third-order valence-electron chi connectivity index (χ3n) is 5.94. The van der Waals surface area contributed by atoms with E-state index in [0.29, 0.717) is 39.1 Å². The molecule has 1 saturated carbocycles. The molecule has 2 aromatic rings. The molecule has 2 amide bonds. The Balaban J connectivity index is 1.24. The molecular formula is C23H26FN3O2. The van der Waals surface area contributed by atoms with E-state index in [9.17, 15) is 14.0 Å². The smallest absolute Gasteiger partial charge is 0.226 e. The third-order valence-corrected chi connectivity index (χ3v) is 5.94. The van der Waals surface area contributed by atoms with Gasteiger partial charge in [0.25, 0.3) is 0 Å². The maximum absolute atomic E-state index is 13.1. The van der Waals surface area contributed by atoms with Crippen molar-refractivity contribution >= 4 is 17.5 Å². The van der Waals surface area contributed by atoms with Crippen LogP contribution in [0.25, 0.3) is 0 Å². The first-order valence-corrected chi connectivity index (χ1v) is 10.1. The summed E-state index contributed by atoms with van der Waals surface area (Å²) in [4.78, 5) is 29.2. The van der Waals surface area contributed by atoms with Crippen molar-refractivity contribution in [2.75, 3.05) is 31.1 Å². The van der Waals surface area contributed by atoms with Gasteiger partial charge >= 0.3 is 0 Å². The quantitative estimate of drug-likeness (QED) is 0.847. The highest BCUT2D eigenvalue weighted by Crippen LogP contribution is 2.40. The van der Waals surface area contributed by atoms with Gasteiger partial charge in [-0.15, -0.1) is 0 Å². The molecule has 152 valence electrons. The van der Waals surface area contributed by atoms with E-state index in [0.717, 1.165) is 16.8 Å². The number of piperazine rings is 1. The summed E-state index contributed by atoms with van der Waals surface area (Å²) in [5.41, 5.74) is 3.22. The molecule has 1 aliphatic carbocycles. The average molecular weight is 395 g/mol. The van der Waals surface area contributed by atoms with Crippen LogP contribution in [0.1, 0.15) is 17.5 Å². The Kier molecular flexibility index (Phi) is 5.51. The zero-order chi connectivity index (χ0) is 20.4. The van der Waals surface area contributed by atoms with Gasteiger partial charge in [0.05, 0.1) is 11.8 Å². The number of hydrogen-bond acceptors (Lipinski definition) is 3. The van der Waals surface area contributed by atoms with E-state index in [1.165, 1.54) is 12.1 Å². The molecule has 4 rings (SSSR count). The van der Waals surface area contributed by atoms with E-state index in [2.05, 4.69) is 10.2 Å². The second-order valence-electron chi connectivity index (χ2n) is 7.88. The third kappa shape index (κ3) is 4.42. The molecule has 2 unspecified atom stereocenters. The second kappa shape index (κ2) is 8.23. The number of benzene rings is 2. The van der Waals surface area contributed by atoms with E-state index < -0.39 is 0 Å². The maximum atomic E-state index is 13.1. The van der Waals surface area contributed by atoms with Gasteiger partial charge in [-0.25, -0.2) is 4.39 Å². The molecule has 2 aliphatic rings. The Bertz CT molecular complexity index is 891. The summed E-state index contributed by atoms with van der Waals surface area (Å²) in [6.45, 7) is 5.22. The Morgan fingerprint density at radius 2 is 1.69 bits per heavy atom. The van der Waals surface area contributed by atoms with Crippen LogP contribution in [-0.4, -0.2) is 42.9 Å². The minimum absolute atomic E-state index is 0.0310. The van der Waals surface area contributed by atoms with Crippen molar-refractivity contribution in [3.63, 3.8) is 0 Å². The molecule has 6 heteroatoms. The molecule has 2 aromatic carbocycles. The van der Waals surface area contributed by atoms with Crippen molar-refractivity contribution in [3.8, 4) is 0 Å². The van der Waals surface area contributed by atoms with Gasteiger partial charge in [0.2, 0.25) is 11.8 Å². The minimum Gasteiger partial charge on any atom is -0.368 e. The van der Waals surface area contributed by atoms with Crippen LogP contribution < -0.4 is 10.2 Å². The number of nitrogens with one attached hydrogen (secondary N) is 1. The maximum Gasteiger partial charge on any atom is 0.226 e. The highest BCUT2D eigenvalue weighted by Gasteiger charge is 2.49. The zero-order valence-corrected chi connectivity index (χ0v) is 16.6. The normalized spacial score (nSPS) is 21.0. The van der Waals surface area contributed by atoms with Crippen molar-refractivity contribution in [1.29, 1.82) is 0 Å². The molecule has 2 atom stereocenters. The van der Waals surface area contributed by atoms with E-state index >= 15 is 0 Å². The molecule has 1 aliphatic heterocycles. The van der Waals surface area contributed by atoms with E-state index in [1.807, 2.05) is 36.1 Å². The molecule has 1 saturated heterocycles. The summed E-state index contributed by atoms with van der Waals surface area (Å²) >= 11 is 0. The Labute approximate surface area is 170 Å². The number of carbonyl (C=O) groups excluding carboxylic acids is 2. The number of carbonyl (C=O) groups is 2. The van der Waals surface area contributed by atoms with Gasteiger partial charge in [-0.2, -0.15) is 0 Å². The highest BCUT2D eigenvalue weighted by molar-refractivity contribution is 5.92. The summed E-state index contributed by atoms with van der Waals surface area (Å²) in [6.07, 6.45) is 0.636. The molecule has 29 heavy (non-hydrogen) atoms. The fourth-order valence-corrected chi connectivity index (χ4v) is 3.95. The van der Waals surface area contributed by atoms with Crippen molar-refractivity contribution in [3.05, 3.63) is 65.5 Å². The molecular weight excluding hydrogens is 369 g/mol. The van der Waals surface area contributed by atoms with Gasteiger partial charge in [-0.1, -0.05) is 24.3 Å². The van der Waals surface area contributed by atoms with Gasteiger partial charge in [0.15, 0.2) is 0 Å². The van der Waals surface area contributed by atoms with E-state index in [4.69, 9.17) is 0 Å². The molecule has 0 bridgehead atoms. The lowest BCUT2D eigenvalue weighted by molar-refractivity contribution is -0.135. The molecule has 2 fully saturated rings. The fourth-order valence-electron chi connectivity index (χ4n) is 3.95. The molecule has 5 nitrogen and oxygen atoms in total. The highest BCUT2D eigenvalue weighted by atomic mass is 19.1. The van der Waals surface area contributed by atoms with Gasteiger partial charge in [-0.3, -0.25) is 9.59 Å².